The molecule has 5 fully saturated rings. The Morgan fingerprint density at radius 3 is 1.40 bits per heavy atom. The van der Waals surface area contributed by atoms with Crippen molar-refractivity contribution in [1.29, 1.82) is 0 Å². The molecule has 1 N–H and O–H groups in total. The van der Waals surface area contributed by atoms with Crippen molar-refractivity contribution in [3.63, 3.8) is 0 Å². The van der Waals surface area contributed by atoms with Crippen LogP contribution < -0.4 is 24.7 Å². The third kappa shape index (κ3) is 16.6. The van der Waals surface area contributed by atoms with Crippen molar-refractivity contribution in [2.24, 2.45) is 0 Å². The number of aromatic nitrogens is 4. The number of piperidine rings is 2. The van der Waals surface area contributed by atoms with Gasteiger partial charge in [0.25, 0.3) is 0 Å². The van der Waals surface area contributed by atoms with Crippen molar-refractivity contribution in [3.05, 3.63) is 137 Å². The van der Waals surface area contributed by atoms with Crippen molar-refractivity contribution in [2.45, 2.75) is 168 Å². The van der Waals surface area contributed by atoms with Crippen LogP contribution in [0.2, 0.25) is 0 Å². The van der Waals surface area contributed by atoms with Crippen LogP contribution in [-0.2, 0) is 36.6 Å². The summed E-state index contributed by atoms with van der Waals surface area (Å²) in [5.74, 6) is 1.53. The Bertz CT molecular complexity index is 3570. The van der Waals surface area contributed by atoms with E-state index in [-0.39, 0.29) is 29.8 Å². The molecule has 5 saturated heterocycles. The fourth-order valence-corrected chi connectivity index (χ4v) is 12.1. The Kier molecular flexibility index (Phi) is 20.5. The van der Waals surface area contributed by atoms with E-state index >= 15 is 0 Å². The number of nitrogens with one attached hydrogen (secondary N) is 1. The van der Waals surface area contributed by atoms with Crippen molar-refractivity contribution in [2.75, 3.05) is 63.3 Å². The second-order valence-corrected chi connectivity index (χ2v) is 29.2. The van der Waals surface area contributed by atoms with Gasteiger partial charge in [0, 0.05) is 84.7 Å². The Balaban J connectivity index is 0.000000171. The summed E-state index contributed by atoms with van der Waals surface area (Å²) < 4.78 is 41.2. The number of halogens is 1. The number of hydrogen-bond donors (Lipinski definition) is 1. The fourth-order valence-electron chi connectivity index (χ4n) is 11.8. The standard InChI is InChI=1S/C29H35N5O4.C26H32BrN3O4.C14H23BN2O4/c1-28(2,3)38-27(36)32-14-12-29(13-15-32)20-33(24-10-8-22(9-11-24)23-17-30-31-18-23)26(35)34(29)19-21-6-5-7-25(16-21)37-4;1-25(2,3)34-24(32)28-14-12-26(13-15-28)18-29(21-10-8-20(27)9-11-21)23(31)30(26)17-19-6-5-7-22(16-19)33-4;1-12(2,3)19-11(18)17-9-10(8-16-17)15-20-13(4,5)14(6,7)21-15/h5-11,16-18H,12-15,19-20H2,1-4H3,(H,30,31);5-11,16H,12-15,17-18H2,1-4H3;8-9H,1-7H3. The van der Waals surface area contributed by atoms with Crippen LogP contribution in [0.15, 0.2) is 126 Å². The molecule has 4 aromatic carbocycles. The molecule has 0 unspecified atom stereocenters. The summed E-state index contributed by atoms with van der Waals surface area (Å²) in [6.07, 6.45) is 8.37. The van der Waals surface area contributed by atoms with Gasteiger partial charge in [0.15, 0.2) is 0 Å². The summed E-state index contributed by atoms with van der Waals surface area (Å²) in [5.41, 5.74) is 3.19. The highest BCUT2D eigenvalue weighted by Crippen LogP contribution is 2.43. The van der Waals surface area contributed by atoms with Crippen molar-refractivity contribution >= 4 is 70.2 Å². The SMILES string of the molecule is CC(C)(C)OC(=O)n1cc(B2OC(C)(C)C(C)(C)O2)cn1.COc1cccc(CN2C(=O)N(c3ccc(-c4cn[nH]c4)cc3)CC23CCN(C(=O)OC(C)(C)C)CC3)c1.COc1cccc(CN2C(=O)N(c3ccc(Br)cc3)CC23CCN(C(=O)OC(C)(C)C)CC3)c1. The van der Waals surface area contributed by atoms with E-state index in [4.69, 9.17) is 33.0 Å². The predicted molar refractivity (Wildman–Crippen MR) is 360 cm³/mol. The Morgan fingerprint density at radius 1 is 0.581 bits per heavy atom. The summed E-state index contributed by atoms with van der Waals surface area (Å²) in [6.45, 7) is 28.8. The van der Waals surface area contributed by atoms with Gasteiger partial charge in [0.2, 0.25) is 0 Å². The molecule has 0 atom stereocenters. The highest BCUT2D eigenvalue weighted by Gasteiger charge is 2.55. The maximum Gasteiger partial charge on any atom is 0.498 e. The fraction of sp³-hybridized carbons (Fsp3) is 0.493. The van der Waals surface area contributed by atoms with E-state index in [2.05, 4.69) is 31.2 Å². The number of H-pyrrole nitrogens is 1. The highest BCUT2D eigenvalue weighted by atomic mass is 79.9. The Morgan fingerprint density at radius 2 is 1.00 bits per heavy atom. The molecule has 498 valence electrons. The molecular weight excluding hydrogens is 1250 g/mol. The molecule has 5 aliphatic rings. The van der Waals surface area contributed by atoms with Crippen LogP contribution in [-0.4, -0.2) is 170 Å². The number of carbonyl (C=O) groups excluding carboxylic acids is 5. The summed E-state index contributed by atoms with van der Waals surface area (Å²) in [5, 5.41) is 10.9. The van der Waals surface area contributed by atoms with Crippen LogP contribution in [0, 0.1) is 0 Å². The third-order valence-electron chi connectivity index (χ3n) is 17.5. The van der Waals surface area contributed by atoms with Crippen LogP contribution in [0.25, 0.3) is 11.1 Å². The molecule has 11 rings (SSSR count). The van der Waals surface area contributed by atoms with E-state index in [0.717, 1.165) is 54.3 Å². The lowest BCUT2D eigenvalue weighted by Crippen LogP contribution is -2.55. The van der Waals surface area contributed by atoms with E-state index in [9.17, 15) is 24.0 Å². The maximum atomic E-state index is 14.0. The number of rotatable bonds is 10. The Labute approximate surface area is 555 Å². The number of amides is 6. The first-order chi connectivity index (χ1) is 43.7. The third-order valence-corrected chi connectivity index (χ3v) is 18.0. The van der Waals surface area contributed by atoms with E-state index in [0.29, 0.717) is 83.5 Å². The number of nitrogens with zero attached hydrogens (tertiary/aromatic N) is 9. The number of methoxy groups -OCH3 is 2. The van der Waals surface area contributed by atoms with E-state index < -0.39 is 46.8 Å². The molecule has 22 nitrogen and oxygen atoms in total. The molecule has 2 aromatic heterocycles. The zero-order chi connectivity index (χ0) is 67.5. The number of anilines is 2. The maximum absolute atomic E-state index is 14.0. The smallest absolute Gasteiger partial charge is 0.497 e. The molecule has 7 heterocycles. The molecule has 6 amide bonds. The van der Waals surface area contributed by atoms with E-state index in [1.165, 1.54) is 0 Å². The largest absolute Gasteiger partial charge is 0.498 e. The zero-order valence-electron chi connectivity index (χ0n) is 56.4. The van der Waals surface area contributed by atoms with Crippen LogP contribution in [0.4, 0.5) is 35.3 Å². The molecule has 2 spiro atoms. The lowest BCUT2D eigenvalue weighted by Gasteiger charge is -2.43. The molecule has 24 heteroatoms. The predicted octanol–water partition coefficient (Wildman–Crippen LogP) is 12.9. The minimum atomic E-state index is -0.562. The minimum absolute atomic E-state index is 0.0177. The van der Waals surface area contributed by atoms with Crippen LogP contribution in [0.5, 0.6) is 11.5 Å². The molecule has 0 radical (unpaired) electrons. The van der Waals surface area contributed by atoms with E-state index in [1.807, 2.05) is 213 Å². The summed E-state index contributed by atoms with van der Waals surface area (Å²) in [4.78, 5) is 76.2. The molecule has 0 aliphatic carbocycles. The number of ether oxygens (including phenoxy) is 5. The normalized spacial score (nSPS) is 18.3. The quantitative estimate of drug-likeness (QED) is 0.0997. The number of benzene rings is 4. The van der Waals surface area contributed by atoms with E-state index in [1.54, 1.807) is 42.6 Å². The van der Waals surface area contributed by atoms with Gasteiger partial charge in [-0.2, -0.15) is 14.9 Å². The first kappa shape index (κ1) is 69.3. The zero-order valence-corrected chi connectivity index (χ0v) is 58.0. The molecule has 6 aromatic rings. The summed E-state index contributed by atoms with van der Waals surface area (Å²) in [7, 11) is 2.75. The lowest BCUT2D eigenvalue weighted by molar-refractivity contribution is 0.00578. The first-order valence-corrected chi connectivity index (χ1v) is 32.4. The number of likely N-dealkylation sites (tertiary alicyclic amines) is 2. The van der Waals surface area contributed by atoms with Gasteiger partial charge in [-0.05, 0) is 193 Å². The Hall–Kier alpha value is -8.09. The minimum Gasteiger partial charge on any atom is -0.497 e. The number of aromatic amines is 1. The van der Waals surface area contributed by atoms with Gasteiger partial charge >= 0.3 is 37.5 Å². The summed E-state index contributed by atoms with van der Waals surface area (Å²) >= 11 is 3.47. The molecule has 0 saturated carbocycles. The van der Waals surface area contributed by atoms with Gasteiger partial charge in [-0.25, -0.2) is 24.0 Å². The average Bonchev–Trinajstić information content (AvgIpc) is 1.63. The van der Waals surface area contributed by atoms with Crippen LogP contribution >= 0.6 is 15.9 Å². The first-order valence-electron chi connectivity index (χ1n) is 31.6. The van der Waals surface area contributed by atoms with Crippen LogP contribution in [0.1, 0.15) is 127 Å². The average molecular weight is 1340 g/mol. The monoisotopic (exact) mass is 1340 g/mol. The van der Waals surface area contributed by atoms with Gasteiger partial charge in [-0.1, -0.05) is 52.3 Å². The van der Waals surface area contributed by atoms with Gasteiger partial charge in [-0.15, -0.1) is 0 Å². The van der Waals surface area contributed by atoms with Crippen LogP contribution in [0.3, 0.4) is 0 Å². The summed E-state index contributed by atoms with van der Waals surface area (Å²) in [6, 6.07) is 31.4. The van der Waals surface area contributed by atoms with Crippen molar-refractivity contribution in [3.8, 4) is 22.6 Å². The molecular formula is C69H90BBrN10O12. The number of urea groups is 2. The van der Waals surface area contributed by atoms with Crippen molar-refractivity contribution in [1.82, 2.24) is 39.6 Å². The highest BCUT2D eigenvalue weighted by molar-refractivity contribution is 9.10. The van der Waals surface area contributed by atoms with Gasteiger partial charge in [0.1, 0.15) is 28.3 Å². The topological polar surface area (TPSA) is 216 Å². The van der Waals surface area contributed by atoms with Gasteiger partial charge in [0.05, 0.1) is 55.8 Å². The second kappa shape index (κ2) is 27.5. The molecule has 0 bridgehead atoms. The second-order valence-electron chi connectivity index (χ2n) is 28.3. The number of carbonyl (C=O) groups is 5. The molecule has 93 heavy (non-hydrogen) atoms. The van der Waals surface area contributed by atoms with Gasteiger partial charge in [-0.3, -0.25) is 14.9 Å². The number of hydrogen-bond acceptors (Lipinski definition) is 14. The lowest BCUT2D eigenvalue weighted by atomic mass is 9.82. The van der Waals surface area contributed by atoms with Crippen molar-refractivity contribution < 1.29 is 57.0 Å². The molecule has 5 aliphatic heterocycles. The van der Waals surface area contributed by atoms with Gasteiger partial charge < -0.3 is 52.6 Å².